The molecule has 1 heterocycles. The number of nitrogens with one attached hydrogen (secondary N) is 1. The fraction of sp³-hybridized carbons (Fsp3) is 0.222. The monoisotopic (exact) mass is 475 g/mol. The summed E-state index contributed by atoms with van der Waals surface area (Å²) in [6.07, 6.45) is 4.26. The first kappa shape index (κ1) is 23.7. The Morgan fingerprint density at radius 1 is 0.912 bits per heavy atom. The van der Waals surface area contributed by atoms with Crippen molar-refractivity contribution in [3.8, 4) is 0 Å². The molecule has 0 unspecified atom stereocenters. The second-order valence-electron chi connectivity index (χ2n) is 8.35. The molecule has 1 N–H and O–H groups in total. The number of nitrogens with zero attached hydrogens (tertiary/aromatic N) is 2. The van der Waals surface area contributed by atoms with Crippen molar-refractivity contribution in [2.75, 3.05) is 37.4 Å². The molecule has 4 rings (SSSR count). The van der Waals surface area contributed by atoms with Crippen LogP contribution >= 0.6 is 0 Å². The molecule has 0 aliphatic carbocycles. The third-order valence-electron chi connectivity index (χ3n) is 5.92. The quantitative estimate of drug-likeness (QED) is 0.554. The minimum Gasteiger partial charge on any atom is -0.336 e. The lowest BCUT2D eigenvalue weighted by atomic mass is 10.1. The number of amides is 1. The average molecular weight is 476 g/mol. The van der Waals surface area contributed by atoms with Crippen molar-refractivity contribution in [2.45, 2.75) is 11.8 Å². The fourth-order valence-corrected chi connectivity index (χ4v) is 5.03. The predicted octanol–water partition coefficient (Wildman–Crippen LogP) is 4.27. The Morgan fingerprint density at radius 3 is 2.24 bits per heavy atom. The highest BCUT2D eigenvalue weighted by atomic mass is 32.2. The van der Waals surface area contributed by atoms with Crippen molar-refractivity contribution < 1.29 is 13.2 Å². The number of aryl methyl sites for hydroxylation is 1. The van der Waals surface area contributed by atoms with Crippen molar-refractivity contribution in [3.63, 3.8) is 0 Å². The Balaban J connectivity index is 1.37. The molecule has 1 aliphatic heterocycles. The molecule has 0 aromatic heterocycles. The summed E-state index contributed by atoms with van der Waals surface area (Å²) in [5.41, 5.74) is 2.83. The van der Waals surface area contributed by atoms with E-state index in [1.54, 1.807) is 48.5 Å². The maximum Gasteiger partial charge on any atom is 0.261 e. The number of piperazine rings is 1. The molecule has 1 aliphatic rings. The highest BCUT2D eigenvalue weighted by Crippen LogP contribution is 2.22. The third-order valence-corrected chi connectivity index (χ3v) is 7.30. The summed E-state index contributed by atoms with van der Waals surface area (Å²) in [6, 6.07) is 23.6. The van der Waals surface area contributed by atoms with E-state index in [-0.39, 0.29) is 10.8 Å². The van der Waals surface area contributed by atoms with E-state index in [0.717, 1.165) is 25.2 Å². The van der Waals surface area contributed by atoms with Gasteiger partial charge in [0.2, 0.25) is 0 Å². The van der Waals surface area contributed by atoms with E-state index in [2.05, 4.69) is 33.9 Å². The van der Waals surface area contributed by atoms with Gasteiger partial charge < -0.3 is 4.90 Å². The molecule has 34 heavy (non-hydrogen) atoms. The van der Waals surface area contributed by atoms with Crippen LogP contribution in [-0.4, -0.2) is 56.8 Å². The van der Waals surface area contributed by atoms with Crippen molar-refractivity contribution in [2.24, 2.45) is 0 Å². The van der Waals surface area contributed by atoms with Gasteiger partial charge in [-0.25, -0.2) is 8.42 Å². The topological polar surface area (TPSA) is 69.7 Å². The van der Waals surface area contributed by atoms with E-state index >= 15 is 0 Å². The maximum atomic E-state index is 13.1. The number of benzene rings is 3. The van der Waals surface area contributed by atoms with E-state index in [1.807, 2.05) is 30.0 Å². The lowest BCUT2D eigenvalue weighted by Crippen LogP contribution is -2.48. The fourth-order valence-electron chi connectivity index (χ4n) is 3.89. The van der Waals surface area contributed by atoms with Gasteiger partial charge in [0.25, 0.3) is 15.9 Å². The number of hydrogen-bond donors (Lipinski definition) is 1. The summed E-state index contributed by atoms with van der Waals surface area (Å²) in [4.78, 5) is 17.5. The van der Waals surface area contributed by atoms with Gasteiger partial charge in [0.05, 0.1) is 10.6 Å². The summed E-state index contributed by atoms with van der Waals surface area (Å²) in [5, 5.41) is 0. The van der Waals surface area contributed by atoms with Crippen LogP contribution in [0.2, 0.25) is 0 Å². The smallest absolute Gasteiger partial charge is 0.261 e. The largest absolute Gasteiger partial charge is 0.336 e. The first-order valence-electron chi connectivity index (χ1n) is 11.3. The van der Waals surface area contributed by atoms with Crippen LogP contribution in [0.4, 0.5) is 5.69 Å². The number of sulfonamides is 1. The highest BCUT2D eigenvalue weighted by molar-refractivity contribution is 7.92. The third kappa shape index (κ3) is 5.92. The van der Waals surface area contributed by atoms with Crippen LogP contribution in [0.1, 0.15) is 21.5 Å². The predicted molar refractivity (Wildman–Crippen MR) is 136 cm³/mol. The highest BCUT2D eigenvalue weighted by Gasteiger charge is 2.23. The maximum absolute atomic E-state index is 13.1. The minimum absolute atomic E-state index is 0.0837. The average Bonchev–Trinajstić information content (AvgIpc) is 2.86. The Hall–Kier alpha value is -3.42. The minimum atomic E-state index is -3.73. The van der Waals surface area contributed by atoms with Crippen LogP contribution in [0.25, 0.3) is 6.08 Å². The second kappa shape index (κ2) is 10.7. The van der Waals surface area contributed by atoms with Gasteiger partial charge in [-0.3, -0.25) is 14.4 Å². The van der Waals surface area contributed by atoms with Crippen LogP contribution in [0, 0.1) is 6.92 Å². The van der Waals surface area contributed by atoms with Gasteiger partial charge in [-0.1, -0.05) is 66.7 Å². The van der Waals surface area contributed by atoms with Gasteiger partial charge >= 0.3 is 0 Å². The first-order valence-corrected chi connectivity index (χ1v) is 12.8. The van der Waals surface area contributed by atoms with E-state index in [0.29, 0.717) is 24.3 Å². The molecule has 1 saturated heterocycles. The van der Waals surface area contributed by atoms with Gasteiger partial charge in [-0.2, -0.15) is 0 Å². The number of hydrogen-bond acceptors (Lipinski definition) is 4. The zero-order valence-electron chi connectivity index (χ0n) is 19.2. The number of anilines is 1. The Morgan fingerprint density at radius 2 is 1.56 bits per heavy atom. The number of rotatable bonds is 7. The lowest BCUT2D eigenvalue weighted by molar-refractivity contribution is 0.0650. The van der Waals surface area contributed by atoms with E-state index in [9.17, 15) is 13.2 Å². The van der Waals surface area contributed by atoms with Gasteiger partial charge in [0.15, 0.2) is 0 Å². The number of carbonyl (C=O) groups is 1. The first-order chi connectivity index (χ1) is 16.4. The molecule has 7 heteroatoms. The van der Waals surface area contributed by atoms with Crippen LogP contribution in [0.15, 0.2) is 89.8 Å². The molecule has 0 saturated carbocycles. The van der Waals surface area contributed by atoms with Gasteiger partial charge in [0.1, 0.15) is 0 Å². The molecule has 0 spiro atoms. The van der Waals surface area contributed by atoms with Gasteiger partial charge in [-0.15, -0.1) is 0 Å². The van der Waals surface area contributed by atoms with Crippen LogP contribution in [0.5, 0.6) is 0 Å². The molecule has 3 aromatic carbocycles. The molecule has 0 bridgehead atoms. The molecule has 3 aromatic rings. The SMILES string of the molecule is Cc1ccc(C(=O)N2CCN(C/C=C/c3ccccc3)CC2)cc1NS(=O)(=O)c1ccccc1. The number of carbonyl (C=O) groups excluding carboxylic acids is 1. The summed E-state index contributed by atoms with van der Waals surface area (Å²) in [6.45, 7) is 5.52. The molecule has 0 radical (unpaired) electrons. The van der Waals surface area contributed by atoms with E-state index < -0.39 is 10.0 Å². The molecular weight excluding hydrogens is 446 g/mol. The normalized spacial score (nSPS) is 14.9. The molecule has 1 amide bonds. The molecule has 1 fully saturated rings. The Kier molecular flexibility index (Phi) is 7.45. The molecule has 0 atom stereocenters. The Bertz CT molecular complexity index is 1250. The summed E-state index contributed by atoms with van der Waals surface area (Å²) in [7, 11) is -3.73. The van der Waals surface area contributed by atoms with Crippen molar-refractivity contribution >= 4 is 27.7 Å². The van der Waals surface area contributed by atoms with Crippen LogP contribution in [0.3, 0.4) is 0 Å². The van der Waals surface area contributed by atoms with E-state index in [1.165, 1.54) is 5.56 Å². The Labute approximate surface area is 201 Å². The van der Waals surface area contributed by atoms with Crippen molar-refractivity contribution in [1.82, 2.24) is 9.80 Å². The van der Waals surface area contributed by atoms with Crippen LogP contribution in [-0.2, 0) is 10.0 Å². The summed E-state index contributed by atoms with van der Waals surface area (Å²) in [5.74, 6) is -0.0837. The van der Waals surface area contributed by atoms with Gasteiger partial charge in [0, 0.05) is 38.3 Å². The summed E-state index contributed by atoms with van der Waals surface area (Å²) < 4.78 is 28.1. The zero-order valence-corrected chi connectivity index (χ0v) is 20.0. The molecule has 176 valence electrons. The second-order valence-corrected chi connectivity index (χ2v) is 10.0. The summed E-state index contributed by atoms with van der Waals surface area (Å²) >= 11 is 0. The van der Waals surface area contributed by atoms with Crippen LogP contribution < -0.4 is 4.72 Å². The van der Waals surface area contributed by atoms with Gasteiger partial charge in [-0.05, 0) is 42.3 Å². The van der Waals surface area contributed by atoms with Crippen molar-refractivity contribution in [3.05, 3.63) is 102 Å². The standard InChI is InChI=1S/C27H29N3O3S/c1-22-14-15-24(21-26(22)28-34(32,33)25-12-6-3-7-13-25)27(31)30-19-17-29(18-20-30)16-8-11-23-9-4-2-5-10-23/h2-15,21,28H,16-20H2,1H3/b11-8+. The molecule has 6 nitrogen and oxygen atoms in total. The van der Waals surface area contributed by atoms with E-state index in [4.69, 9.17) is 0 Å². The zero-order chi connectivity index (χ0) is 24.0. The van der Waals surface area contributed by atoms with Crippen molar-refractivity contribution in [1.29, 1.82) is 0 Å². The lowest BCUT2D eigenvalue weighted by Gasteiger charge is -2.34. The molecular formula is C27H29N3O3S.